The number of H-pyrrole nitrogens is 1. The second-order valence-corrected chi connectivity index (χ2v) is 8.45. The first kappa shape index (κ1) is 23.8. The average Bonchev–Trinajstić information content (AvgIpc) is 3.36. The molecule has 0 radical (unpaired) electrons. The molecule has 0 atom stereocenters. The van der Waals surface area contributed by atoms with E-state index in [1.807, 2.05) is 10.2 Å². The van der Waals surface area contributed by atoms with Crippen molar-refractivity contribution in [2.24, 2.45) is 0 Å². The molecule has 8 nitrogen and oxygen atoms in total. The second kappa shape index (κ2) is 9.61. The van der Waals surface area contributed by atoms with E-state index in [2.05, 4.69) is 9.97 Å². The van der Waals surface area contributed by atoms with Crippen molar-refractivity contribution < 1.29 is 26.8 Å². The van der Waals surface area contributed by atoms with Crippen LogP contribution in [0.15, 0.2) is 45.8 Å². The normalized spacial score (nSPS) is 14.8. The van der Waals surface area contributed by atoms with Crippen LogP contribution in [0.1, 0.15) is 16.1 Å². The number of benzene rings is 1. The SMILES string of the molecule is O=C(NCC(F)F)c1ccc(N2CCN(Cc3ccc4c([nH]c(=O)c5occc54)c3F)CC2)c(F)n1. The van der Waals surface area contributed by atoms with Crippen LogP contribution in [0.5, 0.6) is 0 Å². The summed E-state index contributed by atoms with van der Waals surface area (Å²) in [4.78, 5) is 34.0. The van der Waals surface area contributed by atoms with Gasteiger partial charge in [-0.05, 0) is 18.2 Å². The molecule has 1 amide bonds. The molecule has 0 unspecified atom stereocenters. The predicted octanol–water partition coefficient (Wildman–Crippen LogP) is 3.26. The summed E-state index contributed by atoms with van der Waals surface area (Å²) in [7, 11) is 0. The van der Waals surface area contributed by atoms with Gasteiger partial charge in [-0.3, -0.25) is 14.5 Å². The first-order chi connectivity index (χ1) is 17.3. The third-order valence-corrected chi connectivity index (χ3v) is 6.21. The van der Waals surface area contributed by atoms with Gasteiger partial charge in [-0.2, -0.15) is 4.39 Å². The minimum absolute atomic E-state index is 0.121. The van der Waals surface area contributed by atoms with Gasteiger partial charge < -0.3 is 19.6 Å². The molecule has 0 saturated carbocycles. The van der Waals surface area contributed by atoms with Crippen molar-refractivity contribution in [3.8, 4) is 0 Å². The number of amides is 1. The van der Waals surface area contributed by atoms with E-state index in [4.69, 9.17) is 4.42 Å². The molecule has 5 rings (SSSR count). The van der Waals surface area contributed by atoms with Crippen molar-refractivity contribution >= 4 is 33.5 Å². The Labute approximate surface area is 201 Å². The summed E-state index contributed by atoms with van der Waals surface area (Å²) in [6, 6.07) is 7.73. The van der Waals surface area contributed by atoms with Crippen LogP contribution in [0, 0.1) is 11.8 Å². The highest BCUT2D eigenvalue weighted by atomic mass is 19.3. The first-order valence-electron chi connectivity index (χ1n) is 11.2. The third kappa shape index (κ3) is 4.51. The lowest BCUT2D eigenvalue weighted by molar-refractivity contribution is 0.0886. The summed E-state index contributed by atoms with van der Waals surface area (Å²) in [5.74, 6) is -2.26. The standard InChI is InChI=1S/C24H21F4N5O3/c25-18(26)11-29-23(34)16-3-4-17(22(28)30-16)33-8-6-32(7-9-33)12-13-1-2-14-15-5-10-36-21(15)24(35)31-20(14)19(13)27/h1-5,10,18H,6-9,11-12H2,(H,29,34)(H,31,35). The summed E-state index contributed by atoms with van der Waals surface area (Å²) in [5.41, 5.74) is 0.0960. The summed E-state index contributed by atoms with van der Waals surface area (Å²) in [6.07, 6.45) is -1.33. The molecule has 1 saturated heterocycles. The van der Waals surface area contributed by atoms with Crippen molar-refractivity contribution in [2.45, 2.75) is 13.0 Å². The third-order valence-electron chi connectivity index (χ3n) is 6.21. The van der Waals surface area contributed by atoms with Gasteiger partial charge in [0.25, 0.3) is 17.9 Å². The fourth-order valence-electron chi connectivity index (χ4n) is 4.39. The molecule has 0 aliphatic carbocycles. The largest absolute Gasteiger partial charge is 0.459 e. The Bertz CT molecular complexity index is 1490. The lowest BCUT2D eigenvalue weighted by Gasteiger charge is -2.36. The van der Waals surface area contributed by atoms with E-state index in [0.29, 0.717) is 49.1 Å². The van der Waals surface area contributed by atoms with Gasteiger partial charge in [-0.15, -0.1) is 0 Å². The van der Waals surface area contributed by atoms with Gasteiger partial charge >= 0.3 is 0 Å². The number of rotatable bonds is 6. The van der Waals surface area contributed by atoms with E-state index in [1.54, 1.807) is 23.1 Å². The number of nitrogens with one attached hydrogen (secondary N) is 2. The molecule has 36 heavy (non-hydrogen) atoms. The summed E-state index contributed by atoms with van der Waals surface area (Å²) in [6.45, 7) is 1.32. The molecule has 1 aliphatic heterocycles. The van der Waals surface area contributed by atoms with Crippen LogP contribution in [0.2, 0.25) is 0 Å². The zero-order valence-corrected chi connectivity index (χ0v) is 18.9. The number of hydrogen-bond acceptors (Lipinski definition) is 6. The number of aromatic amines is 1. The molecule has 1 fully saturated rings. The van der Waals surface area contributed by atoms with Crippen molar-refractivity contribution in [2.75, 3.05) is 37.6 Å². The fraction of sp³-hybridized carbons (Fsp3) is 0.292. The summed E-state index contributed by atoms with van der Waals surface area (Å²) < 4.78 is 59.5. The van der Waals surface area contributed by atoms with Crippen molar-refractivity contribution in [3.05, 3.63) is 70.0 Å². The number of furan rings is 1. The number of hydrogen-bond donors (Lipinski definition) is 2. The number of carbonyl (C=O) groups is 1. The van der Waals surface area contributed by atoms with Crippen LogP contribution in [0.4, 0.5) is 23.2 Å². The second-order valence-electron chi connectivity index (χ2n) is 8.45. The Kier molecular flexibility index (Phi) is 6.35. The summed E-state index contributed by atoms with van der Waals surface area (Å²) >= 11 is 0. The smallest absolute Gasteiger partial charge is 0.292 e. The maximum absolute atomic E-state index is 15.3. The molecular weight excluding hydrogens is 482 g/mol. The number of pyridine rings is 2. The maximum Gasteiger partial charge on any atom is 0.292 e. The molecule has 188 valence electrons. The lowest BCUT2D eigenvalue weighted by Crippen LogP contribution is -2.46. The van der Waals surface area contributed by atoms with E-state index >= 15 is 4.39 Å². The topological polar surface area (TPSA) is 94.5 Å². The molecular formula is C24H21F4N5O3. The molecule has 3 aromatic heterocycles. The predicted molar refractivity (Wildman–Crippen MR) is 124 cm³/mol. The van der Waals surface area contributed by atoms with Gasteiger partial charge in [0.15, 0.2) is 11.4 Å². The van der Waals surface area contributed by atoms with Gasteiger partial charge in [0.1, 0.15) is 5.69 Å². The van der Waals surface area contributed by atoms with Crippen molar-refractivity contribution in [3.63, 3.8) is 0 Å². The van der Waals surface area contributed by atoms with Crippen LogP contribution >= 0.6 is 0 Å². The lowest BCUT2D eigenvalue weighted by atomic mass is 10.1. The fourth-order valence-corrected chi connectivity index (χ4v) is 4.39. The molecule has 1 aliphatic rings. The van der Waals surface area contributed by atoms with Crippen molar-refractivity contribution in [1.29, 1.82) is 0 Å². The van der Waals surface area contributed by atoms with Gasteiger partial charge in [-0.25, -0.2) is 18.2 Å². The number of fused-ring (bicyclic) bond motifs is 3. The Balaban J connectivity index is 1.26. The van der Waals surface area contributed by atoms with Crippen LogP contribution in [-0.4, -0.2) is 59.9 Å². The quantitative estimate of drug-likeness (QED) is 0.310. The molecule has 1 aromatic carbocycles. The highest BCUT2D eigenvalue weighted by Crippen LogP contribution is 2.27. The Morgan fingerprint density at radius 2 is 1.86 bits per heavy atom. The van der Waals surface area contributed by atoms with Gasteiger partial charge in [0.05, 0.1) is 24.0 Å². The number of aromatic nitrogens is 2. The minimum atomic E-state index is -2.72. The van der Waals surface area contributed by atoms with Crippen LogP contribution in [0.25, 0.3) is 21.9 Å². The van der Waals surface area contributed by atoms with Crippen LogP contribution in [-0.2, 0) is 6.54 Å². The Morgan fingerprint density at radius 3 is 2.58 bits per heavy atom. The van der Waals surface area contributed by atoms with Gasteiger partial charge in [0.2, 0.25) is 5.95 Å². The zero-order valence-electron chi connectivity index (χ0n) is 18.9. The van der Waals surface area contributed by atoms with Crippen molar-refractivity contribution in [1.82, 2.24) is 20.2 Å². The number of carbonyl (C=O) groups excluding carboxylic acids is 1. The highest BCUT2D eigenvalue weighted by molar-refractivity contribution is 6.03. The number of piperazine rings is 1. The van der Waals surface area contributed by atoms with Gasteiger partial charge in [-0.1, -0.05) is 12.1 Å². The monoisotopic (exact) mass is 503 g/mol. The maximum atomic E-state index is 15.3. The molecule has 12 heteroatoms. The van der Waals surface area contributed by atoms with E-state index in [1.165, 1.54) is 18.4 Å². The van der Waals surface area contributed by atoms with E-state index < -0.39 is 36.2 Å². The molecule has 2 N–H and O–H groups in total. The zero-order chi connectivity index (χ0) is 25.4. The molecule has 0 spiro atoms. The molecule has 0 bridgehead atoms. The van der Waals surface area contributed by atoms with Crippen LogP contribution < -0.4 is 15.8 Å². The first-order valence-corrected chi connectivity index (χ1v) is 11.2. The number of halogens is 4. The molecule has 4 aromatic rings. The van der Waals surface area contributed by atoms with E-state index in [9.17, 15) is 22.8 Å². The van der Waals surface area contributed by atoms with Gasteiger partial charge in [0, 0.05) is 49.1 Å². The minimum Gasteiger partial charge on any atom is -0.459 e. The van der Waals surface area contributed by atoms with E-state index in [-0.39, 0.29) is 22.5 Å². The average molecular weight is 503 g/mol. The Hall–Kier alpha value is -3.93. The summed E-state index contributed by atoms with van der Waals surface area (Å²) in [5, 5.41) is 3.08. The number of nitrogens with zero attached hydrogens (tertiary/aromatic N) is 3. The van der Waals surface area contributed by atoms with Crippen LogP contribution in [0.3, 0.4) is 0 Å². The highest BCUT2D eigenvalue weighted by Gasteiger charge is 2.23. The molecule has 4 heterocycles. The van der Waals surface area contributed by atoms with E-state index in [0.717, 1.165) is 0 Å². The Morgan fingerprint density at radius 1 is 1.08 bits per heavy atom. The number of anilines is 1. The number of alkyl halides is 2.